The van der Waals surface area contributed by atoms with E-state index in [0.29, 0.717) is 10.8 Å². The molecule has 0 atom stereocenters. The number of nitrogens with zero attached hydrogens (tertiary/aromatic N) is 1. The van der Waals surface area contributed by atoms with Crippen LogP contribution in [-0.4, -0.2) is 18.1 Å². The van der Waals surface area contributed by atoms with Crippen LogP contribution in [0.3, 0.4) is 0 Å². The summed E-state index contributed by atoms with van der Waals surface area (Å²) in [5.41, 5.74) is 1.66. The molecular weight excluding hydrogens is 343 g/mol. The van der Waals surface area contributed by atoms with Crippen molar-refractivity contribution in [2.45, 2.75) is 6.61 Å². The molecule has 128 valence electrons. The van der Waals surface area contributed by atoms with E-state index in [1.54, 1.807) is 12.5 Å². The molecule has 0 saturated heterocycles. The van der Waals surface area contributed by atoms with Gasteiger partial charge in [-0.25, -0.2) is 14.2 Å². The molecule has 2 aromatic carbocycles. The van der Waals surface area contributed by atoms with Gasteiger partial charge < -0.3 is 14.8 Å². The Balaban J connectivity index is 1.57. The van der Waals surface area contributed by atoms with Crippen molar-refractivity contribution < 1.29 is 18.7 Å². The molecule has 3 aromatic rings. The smallest absolute Gasteiger partial charge is 0.338 e. The number of nitrogens with one attached hydrogen (secondary N) is 1. The summed E-state index contributed by atoms with van der Waals surface area (Å²) in [6, 6.07) is 12.8. The van der Waals surface area contributed by atoms with Gasteiger partial charge in [0.05, 0.1) is 18.4 Å². The molecule has 0 unspecified atom stereocenters. The SMILES string of the molecule is COc1ccc(Nc2nc(COC(=O)c3cccc(F)c3)cs2)cc1. The zero-order valence-corrected chi connectivity index (χ0v) is 14.2. The second-order valence-electron chi connectivity index (χ2n) is 5.08. The molecule has 0 radical (unpaired) electrons. The molecule has 0 aliphatic heterocycles. The minimum absolute atomic E-state index is 0.0239. The van der Waals surface area contributed by atoms with Gasteiger partial charge in [0.2, 0.25) is 0 Å². The Bertz CT molecular complexity index is 865. The van der Waals surface area contributed by atoms with Crippen LogP contribution in [0.1, 0.15) is 16.1 Å². The zero-order chi connectivity index (χ0) is 17.6. The number of ether oxygens (including phenoxy) is 2. The minimum atomic E-state index is -0.586. The highest BCUT2D eigenvalue weighted by Gasteiger charge is 2.10. The predicted octanol–water partition coefficient (Wildman–Crippen LogP) is 4.39. The van der Waals surface area contributed by atoms with Crippen molar-refractivity contribution in [3.63, 3.8) is 0 Å². The molecule has 5 nitrogen and oxygen atoms in total. The van der Waals surface area contributed by atoms with Gasteiger partial charge >= 0.3 is 5.97 Å². The third kappa shape index (κ3) is 4.54. The van der Waals surface area contributed by atoms with Crippen molar-refractivity contribution in [1.82, 2.24) is 4.98 Å². The van der Waals surface area contributed by atoms with E-state index < -0.39 is 11.8 Å². The number of hydrogen-bond donors (Lipinski definition) is 1. The number of carbonyl (C=O) groups excluding carboxylic acids is 1. The molecule has 25 heavy (non-hydrogen) atoms. The lowest BCUT2D eigenvalue weighted by atomic mass is 10.2. The van der Waals surface area contributed by atoms with Crippen molar-refractivity contribution in [1.29, 1.82) is 0 Å². The highest BCUT2D eigenvalue weighted by Crippen LogP contribution is 2.23. The molecule has 0 spiro atoms. The van der Waals surface area contributed by atoms with E-state index in [1.807, 2.05) is 24.3 Å². The number of thiazole rings is 1. The number of halogens is 1. The Labute approximate surface area is 148 Å². The number of carbonyl (C=O) groups is 1. The number of benzene rings is 2. The van der Waals surface area contributed by atoms with Crippen LogP contribution in [0.25, 0.3) is 0 Å². The monoisotopic (exact) mass is 358 g/mol. The first-order valence-corrected chi connectivity index (χ1v) is 8.30. The summed E-state index contributed by atoms with van der Waals surface area (Å²) in [4.78, 5) is 16.2. The van der Waals surface area contributed by atoms with Crippen LogP contribution in [0.5, 0.6) is 5.75 Å². The number of methoxy groups -OCH3 is 1. The maximum Gasteiger partial charge on any atom is 0.338 e. The minimum Gasteiger partial charge on any atom is -0.497 e. The highest BCUT2D eigenvalue weighted by molar-refractivity contribution is 7.13. The second kappa shape index (κ2) is 7.76. The van der Waals surface area contributed by atoms with Gasteiger partial charge in [-0.1, -0.05) is 6.07 Å². The Kier molecular flexibility index (Phi) is 5.25. The first kappa shape index (κ1) is 16.9. The normalized spacial score (nSPS) is 10.3. The quantitative estimate of drug-likeness (QED) is 0.662. The van der Waals surface area contributed by atoms with E-state index in [4.69, 9.17) is 9.47 Å². The third-order valence-electron chi connectivity index (χ3n) is 3.30. The molecule has 0 amide bonds. The first-order chi connectivity index (χ1) is 12.1. The molecule has 0 bridgehead atoms. The third-order valence-corrected chi connectivity index (χ3v) is 4.11. The Morgan fingerprint density at radius 3 is 2.76 bits per heavy atom. The second-order valence-corrected chi connectivity index (χ2v) is 5.94. The first-order valence-electron chi connectivity index (χ1n) is 7.42. The molecule has 1 heterocycles. The Morgan fingerprint density at radius 1 is 1.24 bits per heavy atom. The van der Waals surface area contributed by atoms with E-state index in [1.165, 1.54) is 29.5 Å². The van der Waals surface area contributed by atoms with Gasteiger partial charge in [0.25, 0.3) is 0 Å². The summed E-state index contributed by atoms with van der Waals surface area (Å²) in [5, 5.41) is 5.64. The molecule has 1 aromatic heterocycles. The van der Waals surface area contributed by atoms with Crippen molar-refractivity contribution in [3.05, 3.63) is 71.0 Å². The summed E-state index contributed by atoms with van der Waals surface area (Å²) in [5.74, 6) is -0.291. The summed E-state index contributed by atoms with van der Waals surface area (Å²) >= 11 is 1.40. The van der Waals surface area contributed by atoms with Gasteiger partial charge in [-0.3, -0.25) is 0 Å². The topological polar surface area (TPSA) is 60.4 Å². The summed E-state index contributed by atoms with van der Waals surface area (Å²) < 4.78 is 23.4. The highest BCUT2D eigenvalue weighted by atomic mass is 32.1. The average Bonchev–Trinajstić information content (AvgIpc) is 3.08. The van der Waals surface area contributed by atoms with Gasteiger partial charge in [0.1, 0.15) is 18.2 Å². The molecule has 0 aliphatic carbocycles. The van der Waals surface area contributed by atoms with Crippen LogP contribution >= 0.6 is 11.3 Å². The predicted molar refractivity (Wildman–Crippen MR) is 93.9 cm³/mol. The van der Waals surface area contributed by atoms with Crippen LogP contribution in [-0.2, 0) is 11.3 Å². The van der Waals surface area contributed by atoms with Gasteiger partial charge in [0, 0.05) is 11.1 Å². The number of esters is 1. The molecule has 3 rings (SSSR count). The largest absolute Gasteiger partial charge is 0.497 e. The van der Waals surface area contributed by atoms with E-state index in [-0.39, 0.29) is 12.2 Å². The standard InChI is InChI=1S/C18H15FN2O3S/c1-23-16-7-5-14(6-8-16)20-18-21-15(11-25-18)10-24-17(22)12-3-2-4-13(19)9-12/h2-9,11H,10H2,1H3,(H,20,21). The fourth-order valence-electron chi connectivity index (χ4n) is 2.07. The van der Waals surface area contributed by atoms with Gasteiger partial charge in [-0.05, 0) is 42.5 Å². The molecule has 0 fully saturated rings. The Morgan fingerprint density at radius 2 is 2.04 bits per heavy atom. The van der Waals surface area contributed by atoms with E-state index in [9.17, 15) is 9.18 Å². The van der Waals surface area contributed by atoms with Crippen LogP contribution in [0, 0.1) is 5.82 Å². The van der Waals surface area contributed by atoms with E-state index in [2.05, 4.69) is 10.3 Å². The number of aromatic nitrogens is 1. The van der Waals surface area contributed by atoms with Crippen LogP contribution in [0.4, 0.5) is 15.2 Å². The summed E-state index contributed by atoms with van der Waals surface area (Å²) in [6.45, 7) is 0.0239. The molecule has 1 N–H and O–H groups in total. The number of anilines is 2. The van der Waals surface area contributed by atoms with Crippen molar-refractivity contribution in [2.75, 3.05) is 12.4 Å². The van der Waals surface area contributed by atoms with Crippen molar-refractivity contribution in [3.8, 4) is 5.75 Å². The van der Waals surface area contributed by atoms with E-state index >= 15 is 0 Å². The summed E-state index contributed by atoms with van der Waals surface area (Å²) in [7, 11) is 1.61. The van der Waals surface area contributed by atoms with Crippen LogP contribution in [0.15, 0.2) is 53.9 Å². The number of rotatable bonds is 6. The van der Waals surface area contributed by atoms with Crippen LogP contribution < -0.4 is 10.1 Å². The molecular formula is C18H15FN2O3S. The summed E-state index contributed by atoms with van der Waals surface area (Å²) in [6.07, 6.45) is 0. The number of hydrogen-bond acceptors (Lipinski definition) is 6. The fourth-order valence-corrected chi connectivity index (χ4v) is 2.78. The lowest BCUT2D eigenvalue weighted by molar-refractivity contribution is 0.0468. The van der Waals surface area contributed by atoms with Crippen molar-refractivity contribution in [2.24, 2.45) is 0 Å². The van der Waals surface area contributed by atoms with Gasteiger partial charge in [0.15, 0.2) is 5.13 Å². The molecule has 7 heteroatoms. The fraction of sp³-hybridized carbons (Fsp3) is 0.111. The van der Waals surface area contributed by atoms with Crippen molar-refractivity contribution >= 4 is 28.1 Å². The van der Waals surface area contributed by atoms with Crippen LogP contribution in [0.2, 0.25) is 0 Å². The maximum absolute atomic E-state index is 13.1. The molecule has 0 aliphatic rings. The average molecular weight is 358 g/mol. The maximum atomic E-state index is 13.1. The lowest BCUT2D eigenvalue weighted by Crippen LogP contribution is -2.05. The molecule has 0 saturated carbocycles. The van der Waals surface area contributed by atoms with E-state index in [0.717, 1.165) is 17.5 Å². The van der Waals surface area contributed by atoms with Gasteiger partial charge in [-0.2, -0.15) is 0 Å². The zero-order valence-electron chi connectivity index (χ0n) is 13.4. The Hall–Kier alpha value is -2.93. The lowest BCUT2D eigenvalue weighted by Gasteiger charge is -2.04. The van der Waals surface area contributed by atoms with Gasteiger partial charge in [-0.15, -0.1) is 11.3 Å².